The van der Waals surface area contributed by atoms with Crippen molar-refractivity contribution in [1.29, 1.82) is 0 Å². The molecule has 2 heterocycles. The summed E-state index contributed by atoms with van der Waals surface area (Å²) in [6.45, 7) is 2.02. The summed E-state index contributed by atoms with van der Waals surface area (Å²) in [5, 5.41) is 6.92. The first-order valence-corrected chi connectivity index (χ1v) is 6.18. The summed E-state index contributed by atoms with van der Waals surface area (Å²) in [6, 6.07) is 7.92. The molecule has 0 spiro atoms. The van der Waals surface area contributed by atoms with Crippen LogP contribution in [0.5, 0.6) is 0 Å². The fraction of sp³-hybridized carbons (Fsp3) is 0.0833. The van der Waals surface area contributed by atoms with Crippen LogP contribution in [0.25, 0.3) is 21.5 Å². The molecule has 0 bridgehead atoms. The number of benzene rings is 1. The van der Waals surface area contributed by atoms with Crippen molar-refractivity contribution in [3.05, 3.63) is 40.2 Å². The molecule has 18 heavy (non-hydrogen) atoms. The molecule has 0 aliphatic heterocycles. The first-order valence-electron chi connectivity index (χ1n) is 5.37. The maximum absolute atomic E-state index is 11.6. The van der Waals surface area contributed by atoms with Crippen molar-refractivity contribution in [2.24, 2.45) is 0 Å². The highest BCUT2D eigenvalue weighted by atomic mass is 32.1. The fourth-order valence-electron chi connectivity index (χ4n) is 1.77. The Balaban J connectivity index is 2.32. The molecule has 0 aliphatic rings. The third kappa shape index (κ3) is 1.67. The monoisotopic (exact) mass is 258 g/mol. The van der Waals surface area contributed by atoms with Crippen LogP contribution in [-0.4, -0.2) is 15.2 Å². The molecule has 3 N–H and O–H groups in total. The van der Waals surface area contributed by atoms with Crippen molar-refractivity contribution in [2.45, 2.75) is 6.92 Å². The Bertz CT molecular complexity index is 773. The van der Waals surface area contributed by atoms with Crippen LogP contribution in [-0.2, 0) is 0 Å². The Hall–Kier alpha value is -2.21. The SMILES string of the molecule is Cc1ccc(-c2n[nH]c(=O)c3nc(N)sc23)cc1. The molecular formula is C12H10N4OS. The zero-order valence-electron chi connectivity index (χ0n) is 9.60. The van der Waals surface area contributed by atoms with Gasteiger partial charge in [0.05, 0.1) is 4.70 Å². The average Bonchev–Trinajstić information content (AvgIpc) is 2.74. The minimum absolute atomic E-state index is 0.311. The molecule has 2 aromatic heterocycles. The normalized spacial score (nSPS) is 10.9. The third-order valence-electron chi connectivity index (χ3n) is 2.67. The lowest BCUT2D eigenvalue weighted by Gasteiger charge is -2.01. The Morgan fingerprint density at radius 2 is 2.00 bits per heavy atom. The molecule has 1 aromatic carbocycles. The Kier molecular flexibility index (Phi) is 2.38. The van der Waals surface area contributed by atoms with Crippen molar-refractivity contribution < 1.29 is 0 Å². The lowest BCUT2D eigenvalue weighted by molar-refractivity contribution is 1.01. The summed E-state index contributed by atoms with van der Waals surface area (Å²) >= 11 is 1.28. The van der Waals surface area contributed by atoms with E-state index < -0.39 is 0 Å². The van der Waals surface area contributed by atoms with Crippen molar-refractivity contribution in [3.63, 3.8) is 0 Å². The molecule has 0 radical (unpaired) electrons. The maximum atomic E-state index is 11.6. The van der Waals surface area contributed by atoms with E-state index in [4.69, 9.17) is 5.73 Å². The van der Waals surface area contributed by atoms with E-state index in [2.05, 4.69) is 15.2 Å². The Morgan fingerprint density at radius 3 is 2.72 bits per heavy atom. The Labute approximate surface area is 106 Å². The lowest BCUT2D eigenvalue weighted by atomic mass is 10.1. The van der Waals surface area contributed by atoms with E-state index in [1.54, 1.807) is 0 Å². The van der Waals surface area contributed by atoms with Crippen LogP contribution in [0.15, 0.2) is 29.1 Å². The number of nitrogens with two attached hydrogens (primary N) is 1. The molecule has 3 aromatic rings. The second-order valence-electron chi connectivity index (χ2n) is 4.00. The fourth-order valence-corrected chi connectivity index (χ4v) is 2.61. The molecule has 6 heteroatoms. The molecule has 3 rings (SSSR count). The van der Waals surface area contributed by atoms with Gasteiger partial charge in [0, 0.05) is 5.56 Å². The number of anilines is 1. The van der Waals surface area contributed by atoms with Crippen LogP contribution in [0.4, 0.5) is 5.13 Å². The number of rotatable bonds is 1. The minimum Gasteiger partial charge on any atom is -0.375 e. The van der Waals surface area contributed by atoms with Gasteiger partial charge in [-0.25, -0.2) is 10.1 Å². The van der Waals surface area contributed by atoms with Gasteiger partial charge in [-0.2, -0.15) is 5.10 Å². The van der Waals surface area contributed by atoms with E-state index in [9.17, 15) is 4.79 Å². The summed E-state index contributed by atoms with van der Waals surface area (Å²) in [4.78, 5) is 15.6. The number of fused-ring (bicyclic) bond motifs is 1. The summed E-state index contributed by atoms with van der Waals surface area (Å²) in [5.74, 6) is 0. The van der Waals surface area contributed by atoms with E-state index in [0.717, 1.165) is 10.3 Å². The van der Waals surface area contributed by atoms with Crippen molar-refractivity contribution in [2.75, 3.05) is 5.73 Å². The number of nitrogens with zero attached hydrogens (tertiary/aromatic N) is 2. The van der Waals surface area contributed by atoms with Crippen molar-refractivity contribution in [3.8, 4) is 11.3 Å². The maximum Gasteiger partial charge on any atom is 0.291 e. The molecule has 0 saturated heterocycles. The van der Waals surface area contributed by atoms with Gasteiger partial charge in [0.15, 0.2) is 10.6 Å². The molecule has 0 amide bonds. The van der Waals surface area contributed by atoms with Gasteiger partial charge in [0.1, 0.15) is 5.69 Å². The minimum atomic E-state index is -0.311. The van der Waals surface area contributed by atoms with Crippen LogP contribution in [0.3, 0.4) is 0 Å². The predicted molar refractivity (Wildman–Crippen MR) is 72.6 cm³/mol. The van der Waals surface area contributed by atoms with Crippen molar-refractivity contribution >= 4 is 26.7 Å². The van der Waals surface area contributed by atoms with Crippen LogP contribution in [0.1, 0.15) is 5.56 Å². The van der Waals surface area contributed by atoms with Gasteiger partial charge in [0.25, 0.3) is 5.56 Å². The highest BCUT2D eigenvalue weighted by Gasteiger charge is 2.12. The molecular weight excluding hydrogens is 248 g/mol. The number of aryl methyl sites for hydroxylation is 1. The smallest absolute Gasteiger partial charge is 0.291 e. The second kappa shape index (κ2) is 3.92. The largest absolute Gasteiger partial charge is 0.375 e. The van der Waals surface area contributed by atoms with Crippen LogP contribution in [0.2, 0.25) is 0 Å². The van der Waals surface area contributed by atoms with Crippen LogP contribution >= 0.6 is 11.3 Å². The molecule has 0 fully saturated rings. The first-order chi connectivity index (χ1) is 8.65. The van der Waals surface area contributed by atoms with E-state index >= 15 is 0 Å². The van der Waals surface area contributed by atoms with Gasteiger partial charge >= 0.3 is 0 Å². The molecule has 0 unspecified atom stereocenters. The standard InChI is InChI=1S/C12H10N4OS/c1-6-2-4-7(5-3-6)8-10-9(11(17)16-15-8)14-12(13)18-10/h2-5H,1H3,(H2,13,14)(H,16,17). The van der Waals surface area contributed by atoms with Crippen LogP contribution in [0, 0.1) is 6.92 Å². The van der Waals surface area contributed by atoms with Gasteiger partial charge in [-0.15, -0.1) is 0 Å². The summed E-state index contributed by atoms with van der Waals surface area (Å²) < 4.78 is 0.722. The van der Waals surface area contributed by atoms with Gasteiger partial charge in [-0.3, -0.25) is 4.79 Å². The van der Waals surface area contributed by atoms with Gasteiger partial charge < -0.3 is 5.73 Å². The first kappa shape index (κ1) is 10.9. The topological polar surface area (TPSA) is 84.7 Å². The number of H-pyrrole nitrogens is 1. The van der Waals surface area contributed by atoms with Gasteiger partial charge in [0.2, 0.25) is 0 Å². The second-order valence-corrected chi connectivity index (χ2v) is 5.03. The number of hydrogen-bond acceptors (Lipinski definition) is 5. The van der Waals surface area contributed by atoms with Gasteiger partial charge in [-0.05, 0) is 6.92 Å². The number of hydrogen-bond donors (Lipinski definition) is 2. The molecule has 5 nitrogen and oxygen atoms in total. The highest BCUT2D eigenvalue weighted by molar-refractivity contribution is 7.22. The number of aromatic nitrogens is 3. The third-order valence-corrected chi connectivity index (χ3v) is 3.56. The Morgan fingerprint density at radius 1 is 1.28 bits per heavy atom. The zero-order chi connectivity index (χ0) is 12.7. The van der Waals surface area contributed by atoms with E-state index in [-0.39, 0.29) is 5.56 Å². The summed E-state index contributed by atoms with van der Waals surface area (Å²) in [5.41, 5.74) is 8.51. The number of nitrogens with one attached hydrogen (secondary N) is 1. The highest BCUT2D eigenvalue weighted by Crippen LogP contribution is 2.30. The molecule has 0 aliphatic carbocycles. The van der Waals surface area contributed by atoms with Gasteiger partial charge in [-0.1, -0.05) is 41.2 Å². The number of thiazole rings is 1. The zero-order valence-corrected chi connectivity index (χ0v) is 10.4. The van der Waals surface area contributed by atoms with Crippen molar-refractivity contribution in [1.82, 2.24) is 15.2 Å². The molecule has 0 atom stereocenters. The number of aromatic amines is 1. The molecule has 90 valence electrons. The number of nitrogen functional groups attached to an aromatic ring is 1. The quantitative estimate of drug-likeness (QED) is 0.698. The van der Waals surface area contributed by atoms with Crippen LogP contribution < -0.4 is 11.3 Å². The summed E-state index contributed by atoms with van der Waals surface area (Å²) in [6.07, 6.45) is 0. The molecule has 0 saturated carbocycles. The summed E-state index contributed by atoms with van der Waals surface area (Å²) in [7, 11) is 0. The average molecular weight is 258 g/mol. The lowest BCUT2D eigenvalue weighted by Crippen LogP contribution is -2.09. The van der Waals surface area contributed by atoms with E-state index in [1.807, 2.05) is 31.2 Å². The predicted octanol–water partition coefficient (Wildman–Crippen LogP) is 1.94. The van der Waals surface area contributed by atoms with E-state index in [1.165, 1.54) is 16.9 Å². The van der Waals surface area contributed by atoms with E-state index in [0.29, 0.717) is 16.3 Å².